The van der Waals surface area contributed by atoms with Gasteiger partial charge in [0.15, 0.2) is 24.9 Å². The van der Waals surface area contributed by atoms with Gasteiger partial charge in [-0.3, -0.25) is 41.6 Å². The normalized spacial score (nSPS) is 31.1. The van der Waals surface area contributed by atoms with Crippen LogP contribution in [0.3, 0.4) is 0 Å². The Labute approximate surface area is 686 Å². The maximum Gasteiger partial charge on any atom is 0.473 e. The monoisotopic (exact) mass is 1690 g/mol. The zero-order valence-corrected chi connectivity index (χ0v) is 76.1. The first kappa shape index (κ1) is 94.8. The summed E-state index contributed by atoms with van der Waals surface area (Å²) in [6.45, 7) is 53.4. The topological polar surface area (TPSA) is 424 Å². The molecule has 12 rings (SSSR count). The zero-order valence-electron chi connectivity index (χ0n) is 73.4. The number of aromatic nitrogens is 8. The lowest BCUT2D eigenvalue weighted by Crippen LogP contribution is -2.54. The van der Waals surface area contributed by atoms with Gasteiger partial charge in [-0.2, -0.15) is 15.0 Å². The second-order valence-electron chi connectivity index (χ2n) is 41.3. The van der Waals surface area contributed by atoms with Crippen molar-refractivity contribution in [1.82, 2.24) is 38.2 Å². The van der Waals surface area contributed by atoms with Gasteiger partial charge in [-0.1, -0.05) is 83.1 Å². The standard InChI is InChI=1S/C20H34N3O7P.C20H34N3O6PS.C20H33N3O4.C20H32N2O5/c1-12-10-23(17(24)22-15(12)21)16-13-14(29-31(25,26)30-19(5,6)7)20(28-16,8-9-27-13)11-18(2,3)4;1-12-10-23(17(24)22-15(12)21)16-13-14(28-30(25,31)29-19(5,6)7)20(27-16,8-9-26-13)11-18(2,3)4;1-12-10-23(17(24)22-15(12)21)16-13-14(26-19(5,6)7)20(27-16,8-9-25-13)11-18(2,3)4;1-12-10-22(17(24)21-15(12)23)16-13-14(26-19(5,6)7)20(27-16,8-9-25-13)11-18(2,3)4/h10,13-14,16H,8-9,11H2,1-7H3,(H,25,26)(H2,21,22,24);10,13-14,16H,8-9,11H2,1-7H3,(H,25,31)(H2,21,22,24);10,13-14,16H,8-9,11H2,1-7H3,(H2,21,22,24);10,13-14,16H,8-9,11H2,1-7H3,(H,21,23,24)/t13-,14+,16-,20-;13-,14+,16-,20-,30?;2*13-,14+,16-,20-/m1111/s1. The molecule has 9 N–H and O–H groups in total. The first-order chi connectivity index (χ1) is 52.7. The predicted molar refractivity (Wildman–Crippen MR) is 441 cm³/mol. The fourth-order valence-electron chi connectivity index (χ4n) is 17.1. The molecular weight excluding hydrogens is 1560 g/mol. The van der Waals surface area contributed by atoms with Crippen LogP contribution in [0, 0.1) is 49.4 Å². The number of aromatic amines is 1. The molecule has 0 aliphatic carbocycles. The Morgan fingerprint density at radius 3 is 0.983 bits per heavy atom. The third-order valence-electron chi connectivity index (χ3n) is 20.5. The molecule has 18 atom stereocenters. The molecule has 2 unspecified atom stereocenters. The Kier molecular flexibility index (Phi) is 27.5. The van der Waals surface area contributed by atoms with E-state index in [1.54, 1.807) is 87.1 Å². The van der Waals surface area contributed by atoms with Crippen molar-refractivity contribution in [1.29, 1.82) is 0 Å². The van der Waals surface area contributed by atoms with Crippen LogP contribution >= 0.6 is 14.5 Å². The molecule has 8 aliphatic rings. The summed E-state index contributed by atoms with van der Waals surface area (Å²) in [6.07, 6.45) is 4.22. The van der Waals surface area contributed by atoms with Gasteiger partial charge in [-0.15, -0.1) is 0 Å². The number of nitrogens with zero attached hydrogens (tertiary/aromatic N) is 7. The number of hydrogen-bond acceptors (Lipinski definition) is 27. The fraction of sp³-hybridized carbons (Fsp3) is 0.800. The van der Waals surface area contributed by atoms with E-state index >= 15 is 0 Å². The number of rotatable bonds is 16. The summed E-state index contributed by atoms with van der Waals surface area (Å²) >= 11 is 5.33. The summed E-state index contributed by atoms with van der Waals surface area (Å²) in [5.74, 6) is 0.550. The summed E-state index contributed by atoms with van der Waals surface area (Å²) in [6, 6.07) is 0. The predicted octanol–water partition coefficient (Wildman–Crippen LogP) is 11.3. The lowest BCUT2D eigenvalue weighted by molar-refractivity contribution is -0.195. The highest BCUT2D eigenvalue weighted by atomic mass is 32.5. The van der Waals surface area contributed by atoms with Gasteiger partial charge in [0.1, 0.15) is 88.7 Å². The second kappa shape index (κ2) is 33.7. The van der Waals surface area contributed by atoms with Crippen molar-refractivity contribution in [3.63, 3.8) is 0 Å². The van der Waals surface area contributed by atoms with E-state index in [4.69, 9.17) is 94.5 Å². The minimum Gasteiger partial charge on any atom is -0.383 e. The highest BCUT2D eigenvalue weighted by Gasteiger charge is 2.67. The van der Waals surface area contributed by atoms with Crippen molar-refractivity contribution in [2.24, 2.45) is 21.7 Å². The van der Waals surface area contributed by atoms with Crippen LogP contribution in [0.25, 0.3) is 0 Å². The van der Waals surface area contributed by atoms with Crippen molar-refractivity contribution < 1.29 is 79.8 Å². The maximum absolute atomic E-state index is 12.8. The molecule has 8 fully saturated rings. The number of H-pyrrole nitrogens is 1. The number of phosphoric acid groups is 1. The molecular formula is C80H133N11O22P2S. The molecule has 33 nitrogen and oxygen atoms in total. The van der Waals surface area contributed by atoms with E-state index in [-0.39, 0.29) is 74.2 Å². The Morgan fingerprint density at radius 1 is 0.431 bits per heavy atom. The van der Waals surface area contributed by atoms with Gasteiger partial charge in [0.05, 0.1) is 48.8 Å². The molecule has 4 aromatic rings. The van der Waals surface area contributed by atoms with Gasteiger partial charge in [0.25, 0.3) is 5.56 Å². The number of aryl methyl sites for hydroxylation is 4. The molecule has 0 amide bonds. The van der Waals surface area contributed by atoms with Gasteiger partial charge in [0.2, 0.25) is 0 Å². The van der Waals surface area contributed by atoms with E-state index in [9.17, 15) is 38.3 Å². The van der Waals surface area contributed by atoms with E-state index in [1.165, 1.54) is 18.3 Å². The van der Waals surface area contributed by atoms with Crippen molar-refractivity contribution in [2.45, 2.75) is 364 Å². The summed E-state index contributed by atoms with van der Waals surface area (Å²) < 4.78 is 104. The van der Waals surface area contributed by atoms with Crippen molar-refractivity contribution in [2.75, 3.05) is 43.6 Å². The lowest BCUT2D eigenvalue weighted by atomic mass is 9.76. The zero-order chi connectivity index (χ0) is 87.2. The maximum atomic E-state index is 12.8. The average Bonchev–Trinajstić information content (AvgIpc) is 1.59. The third-order valence-corrected chi connectivity index (χ3v) is 23.5. The van der Waals surface area contributed by atoms with Crippen LogP contribution in [0.4, 0.5) is 17.5 Å². The molecule has 4 aromatic heterocycles. The van der Waals surface area contributed by atoms with Gasteiger partial charge < -0.3 is 78.9 Å². The third kappa shape index (κ3) is 23.0. The van der Waals surface area contributed by atoms with E-state index in [2.05, 4.69) is 82.2 Å². The number of ether oxygens (including phenoxy) is 10. The SMILES string of the molecule is Cc1cn([C@@H]2O[C@@]3(CC(C)(C)C)CCO[C@@H]2[C@@H]3OC(C)(C)C)c(=O)[nH]c1=O.Cc1cn([C@@H]2O[C@@]3(CC(C)(C)C)CCO[C@@H]2[C@@H]3OC(C)(C)C)c(=O)nc1N.Cc1cn([C@@H]2O[C@@]3(CC(C)(C)C)CCO[C@@H]2[C@@H]3OP(=O)(O)OC(C)(C)C)c(=O)nc1N.Cc1cn([C@@H]2O[C@@]3(CC(C)(C)C)CCO[C@@H]2[C@@H]3OP(O)(=S)OC(C)(C)C)c(=O)nc1N. The van der Waals surface area contributed by atoms with Crippen LogP contribution in [0.5, 0.6) is 0 Å². The molecule has 8 saturated heterocycles. The Bertz CT molecular complexity index is 4440. The smallest absolute Gasteiger partial charge is 0.383 e. The van der Waals surface area contributed by atoms with Crippen molar-refractivity contribution in [3.05, 3.63) is 99.3 Å². The Morgan fingerprint density at radius 2 is 0.698 bits per heavy atom. The molecule has 12 heterocycles. The molecule has 116 heavy (non-hydrogen) atoms. The molecule has 0 radical (unpaired) electrons. The van der Waals surface area contributed by atoms with Gasteiger partial charge in [0, 0.05) is 72.7 Å². The summed E-state index contributed by atoms with van der Waals surface area (Å²) in [7, 11) is -4.46. The second-order valence-corrected chi connectivity index (χ2v) is 45.3. The Hall–Kier alpha value is -5.04. The first-order valence-corrected chi connectivity index (χ1v) is 44.1. The van der Waals surface area contributed by atoms with Crippen LogP contribution in [0.1, 0.15) is 265 Å². The van der Waals surface area contributed by atoms with E-state index < -0.39 is 126 Å². The highest BCUT2D eigenvalue weighted by molar-refractivity contribution is 8.07. The lowest BCUT2D eigenvalue weighted by Gasteiger charge is -2.44. The number of nitrogen functional groups attached to an aromatic ring is 3. The van der Waals surface area contributed by atoms with E-state index in [1.807, 2.05) is 69.2 Å². The molecule has 8 aliphatic heterocycles. The summed E-state index contributed by atoms with van der Waals surface area (Å²) in [5, 5.41) is 0. The van der Waals surface area contributed by atoms with Crippen molar-refractivity contribution in [3.8, 4) is 0 Å². The van der Waals surface area contributed by atoms with Gasteiger partial charge in [-0.25, -0.2) is 23.7 Å². The van der Waals surface area contributed by atoms with E-state index in [0.29, 0.717) is 75.2 Å². The van der Waals surface area contributed by atoms with Gasteiger partial charge >= 0.3 is 37.3 Å². The molecule has 0 aromatic carbocycles. The van der Waals surface area contributed by atoms with Crippen LogP contribution < -0.4 is 45.5 Å². The number of phosphoric ester groups is 1. The quantitative estimate of drug-likeness (QED) is 0.0567. The number of anilines is 3. The number of nitrogens with two attached hydrogens (primary N) is 3. The molecule has 8 bridgehead atoms. The Balaban J connectivity index is 0.000000177. The number of hydrogen-bond donors (Lipinski definition) is 6. The number of nitrogens with one attached hydrogen (secondary N) is 1. The highest BCUT2D eigenvalue weighted by Crippen LogP contribution is 2.61. The van der Waals surface area contributed by atoms with Gasteiger partial charge in [-0.05, 0) is 170 Å². The largest absolute Gasteiger partial charge is 0.473 e. The minimum absolute atomic E-state index is 0.0160. The van der Waals surface area contributed by atoms with Crippen LogP contribution in [0.15, 0.2) is 48.8 Å². The molecule has 0 saturated carbocycles. The molecule has 0 spiro atoms. The minimum atomic E-state index is -4.46. The summed E-state index contributed by atoms with van der Waals surface area (Å²) in [5.41, 5.74) is 12.0. The van der Waals surface area contributed by atoms with E-state index in [0.717, 1.165) is 24.8 Å². The van der Waals surface area contributed by atoms with Crippen molar-refractivity contribution >= 4 is 43.8 Å². The van der Waals surface area contributed by atoms with Crippen LogP contribution in [0.2, 0.25) is 0 Å². The molecule has 656 valence electrons. The first-order valence-electron chi connectivity index (χ1n) is 40.0. The fourth-order valence-corrected chi connectivity index (χ4v) is 20.7. The average molecular weight is 1700 g/mol. The number of fused-ring (bicyclic) bond motifs is 8. The molecule has 36 heteroatoms. The van der Waals surface area contributed by atoms with Crippen LogP contribution in [-0.2, 0) is 81.8 Å². The summed E-state index contributed by atoms with van der Waals surface area (Å²) in [4.78, 5) is 97.4. The van der Waals surface area contributed by atoms with Crippen LogP contribution in [-0.4, -0.2) is 168 Å².